The predicted molar refractivity (Wildman–Crippen MR) is 113 cm³/mol. The fraction of sp³-hybridized carbons (Fsp3) is 0.0435. The lowest BCUT2D eigenvalue weighted by Crippen LogP contribution is -2.04. The van der Waals surface area contributed by atoms with E-state index < -0.39 is 11.9 Å². The van der Waals surface area contributed by atoms with E-state index in [0.29, 0.717) is 17.1 Å². The van der Waals surface area contributed by atoms with Crippen molar-refractivity contribution in [2.24, 2.45) is 0 Å². The third kappa shape index (κ3) is 3.50. The third-order valence-corrected chi connectivity index (χ3v) is 5.01. The van der Waals surface area contributed by atoms with Crippen LogP contribution in [0.4, 0.5) is 18.9 Å². The molecule has 0 spiro atoms. The van der Waals surface area contributed by atoms with Crippen molar-refractivity contribution in [2.45, 2.75) is 6.18 Å². The van der Waals surface area contributed by atoms with Crippen LogP contribution in [0, 0.1) is 17.9 Å². The Morgan fingerprint density at radius 1 is 1.00 bits per heavy atom. The second-order valence-corrected chi connectivity index (χ2v) is 7.05. The van der Waals surface area contributed by atoms with Gasteiger partial charge in [-0.05, 0) is 41.8 Å². The lowest BCUT2D eigenvalue weighted by Gasteiger charge is -2.09. The summed E-state index contributed by atoms with van der Waals surface area (Å²) in [4.78, 5) is 7.93. The molecule has 7 nitrogen and oxygen atoms in total. The number of pyridine rings is 1. The van der Waals surface area contributed by atoms with Crippen molar-refractivity contribution < 1.29 is 17.9 Å². The summed E-state index contributed by atoms with van der Waals surface area (Å²) in [7, 11) is 0. The summed E-state index contributed by atoms with van der Waals surface area (Å²) in [6.45, 7) is 7.31. The molecule has 0 unspecified atom stereocenters. The van der Waals surface area contributed by atoms with Crippen molar-refractivity contribution in [3.05, 3.63) is 83.3 Å². The first-order valence-electron chi connectivity index (χ1n) is 9.51. The average Bonchev–Trinajstić information content (AvgIpc) is 3.41. The predicted octanol–water partition coefficient (Wildman–Crippen LogP) is 6.14. The number of hydrogen-bond acceptors (Lipinski definition) is 4. The summed E-state index contributed by atoms with van der Waals surface area (Å²) >= 11 is 0. The molecule has 0 aliphatic carbocycles. The largest absolute Gasteiger partial charge is 0.432 e. The molecule has 5 aromatic rings. The molecule has 0 aliphatic heterocycles. The van der Waals surface area contributed by atoms with Crippen LogP contribution in [-0.2, 0) is 6.18 Å². The lowest BCUT2D eigenvalue weighted by atomic mass is 10.1. The Balaban J connectivity index is 1.64. The van der Waals surface area contributed by atoms with Crippen LogP contribution in [0.15, 0.2) is 60.7 Å². The molecule has 0 saturated carbocycles. The number of benzene rings is 2. The highest BCUT2D eigenvalue weighted by atomic mass is 19.4. The maximum absolute atomic E-state index is 12.8. The van der Waals surface area contributed by atoms with Crippen molar-refractivity contribution in [1.29, 1.82) is 5.26 Å². The number of fused-ring (bicyclic) bond motifs is 3. The van der Waals surface area contributed by atoms with Crippen molar-refractivity contribution in [2.75, 3.05) is 0 Å². The Labute approximate surface area is 184 Å². The van der Waals surface area contributed by atoms with Gasteiger partial charge in [-0.15, -0.1) is 5.10 Å². The number of nitriles is 1. The van der Waals surface area contributed by atoms with Crippen LogP contribution in [0.25, 0.3) is 32.5 Å². The number of alkyl halides is 3. The van der Waals surface area contributed by atoms with E-state index in [1.165, 1.54) is 6.07 Å². The Bertz CT molecular complexity index is 1550. The smallest absolute Gasteiger partial charge is 0.419 e. The fourth-order valence-electron chi connectivity index (χ4n) is 3.59. The number of halogens is 3. The number of aromatic amines is 1. The molecule has 1 N–H and O–H groups in total. The normalized spacial score (nSPS) is 11.4. The van der Waals surface area contributed by atoms with Crippen LogP contribution in [-0.4, -0.2) is 19.7 Å². The fourth-order valence-corrected chi connectivity index (χ4v) is 3.59. The van der Waals surface area contributed by atoms with E-state index in [-0.39, 0.29) is 11.8 Å². The number of H-pyrrole nitrogens is 1. The van der Waals surface area contributed by atoms with Crippen molar-refractivity contribution in [1.82, 2.24) is 19.7 Å². The summed E-state index contributed by atoms with van der Waals surface area (Å²) in [6, 6.07) is 18.2. The number of nitrogens with one attached hydrogen (secondary N) is 1. The highest BCUT2D eigenvalue weighted by molar-refractivity contribution is 6.10. The number of aromatic nitrogens is 4. The lowest BCUT2D eigenvalue weighted by molar-refractivity contribution is -0.141. The van der Waals surface area contributed by atoms with Gasteiger partial charge in [0.15, 0.2) is 5.69 Å². The van der Waals surface area contributed by atoms with E-state index in [9.17, 15) is 18.4 Å². The molecule has 0 radical (unpaired) electrons. The summed E-state index contributed by atoms with van der Waals surface area (Å²) in [5.41, 5.74) is 1.39. The molecular weight excluding hydrogens is 433 g/mol. The first-order chi connectivity index (χ1) is 15.9. The van der Waals surface area contributed by atoms with E-state index in [0.717, 1.165) is 27.9 Å². The van der Waals surface area contributed by atoms with Gasteiger partial charge in [0.2, 0.25) is 11.8 Å². The quantitative estimate of drug-likeness (QED) is 0.339. The van der Waals surface area contributed by atoms with Gasteiger partial charge in [0, 0.05) is 17.5 Å². The van der Waals surface area contributed by atoms with Gasteiger partial charge in [-0.25, -0.2) is 4.85 Å². The van der Waals surface area contributed by atoms with Crippen molar-refractivity contribution >= 4 is 27.5 Å². The van der Waals surface area contributed by atoms with Crippen LogP contribution < -0.4 is 4.74 Å². The van der Waals surface area contributed by atoms with Crippen LogP contribution in [0.3, 0.4) is 0 Å². The second kappa shape index (κ2) is 7.39. The molecule has 3 heterocycles. The van der Waals surface area contributed by atoms with Gasteiger partial charge in [-0.1, -0.05) is 12.1 Å². The van der Waals surface area contributed by atoms with E-state index in [1.54, 1.807) is 48.5 Å². The Morgan fingerprint density at radius 2 is 1.76 bits per heavy atom. The van der Waals surface area contributed by atoms with Crippen molar-refractivity contribution in [3.63, 3.8) is 0 Å². The van der Waals surface area contributed by atoms with E-state index in [1.807, 2.05) is 9.67 Å². The van der Waals surface area contributed by atoms with Gasteiger partial charge in [0.1, 0.15) is 11.5 Å². The molecule has 0 amide bonds. The molecule has 0 fully saturated rings. The zero-order valence-corrected chi connectivity index (χ0v) is 16.6. The number of rotatable bonds is 3. The molecule has 10 heteroatoms. The second-order valence-electron chi connectivity index (χ2n) is 7.05. The minimum atomic E-state index is -4.57. The monoisotopic (exact) mass is 444 g/mol. The van der Waals surface area contributed by atoms with Gasteiger partial charge in [0.25, 0.3) is 0 Å². The summed E-state index contributed by atoms with van der Waals surface area (Å²) in [6.07, 6.45) is -4.57. The maximum atomic E-state index is 12.8. The zero-order chi connectivity index (χ0) is 23.2. The number of ether oxygens (including phenoxy) is 1. The van der Waals surface area contributed by atoms with Crippen LogP contribution >= 0.6 is 0 Å². The minimum absolute atomic E-state index is 0.0501. The molecule has 2 aromatic carbocycles. The summed E-state index contributed by atoms with van der Waals surface area (Å²) in [5, 5.41) is 16.3. The molecular formula is C23H11F3N6O. The van der Waals surface area contributed by atoms with E-state index in [4.69, 9.17) is 11.3 Å². The maximum Gasteiger partial charge on any atom is 0.432 e. The molecule has 0 bridgehead atoms. The topological polar surface area (TPSA) is 83.9 Å². The SMILES string of the molecule is [C-]#[N+]c1ccc2c(c1)c1cc(C#N)ccc1n2-c1cccc(Oc2cc(C(F)(F)F)[nH]n2)n1. The van der Waals surface area contributed by atoms with Crippen molar-refractivity contribution in [3.8, 4) is 23.6 Å². The van der Waals surface area contributed by atoms with Gasteiger partial charge in [0.05, 0.1) is 29.2 Å². The van der Waals surface area contributed by atoms with E-state index in [2.05, 4.69) is 21.0 Å². The van der Waals surface area contributed by atoms with Crippen LogP contribution in [0.2, 0.25) is 0 Å². The zero-order valence-electron chi connectivity index (χ0n) is 16.6. The standard InChI is InChI=1S/C23H11F3N6O/c1-28-14-6-8-18-16(10-14)15-9-13(12-27)5-7-17(15)32(18)20-3-2-4-21(29-20)33-22-11-19(30-31-22)23(24,25)26/h2-11H,(H,30,31). The number of nitrogens with zero attached hydrogens (tertiary/aromatic N) is 5. The first kappa shape index (κ1) is 20.1. The van der Waals surface area contributed by atoms with Gasteiger partial charge >= 0.3 is 6.18 Å². The molecule has 5 rings (SSSR count). The van der Waals surface area contributed by atoms with Gasteiger partial charge in [-0.2, -0.15) is 23.4 Å². The molecule has 3 aromatic heterocycles. The Kier molecular flexibility index (Phi) is 4.50. The first-order valence-corrected chi connectivity index (χ1v) is 9.51. The summed E-state index contributed by atoms with van der Waals surface area (Å²) < 4.78 is 45.7. The molecule has 0 saturated heterocycles. The molecule has 0 aliphatic rings. The Morgan fingerprint density at radius 3 is 2.45 bits per heavy atom. The van der Waals surface area contributed by atoms with E-state index >= 15 is 0 Å². The Hall–Kier alpha value is -4.83. The molecule has 160 valence electrons. The average molecular weight is 444 g/mol. The highest BCUT2D eigenvalue weighted by Gasteiger charge is 2.33. The van der Waals surface area contributed by atoms with Gasteiger partial charge < -0.3 is 4.74 Å². The summed E-state index contributed by atoms with van der Waals surface area (Å²) in [5.74, 6) is 0.225. The van der Waals surface area contributed by atoms with Crippen LogP contribution in [0.5, 0.6) is 11.8 Å². The third-order valence-electron chi connectivity index (χ3n) is 5.01. The van der Waals surface area contributed by atoms with Crippen LogP contribution in [0.1, 0.15) is 11.3 Å². The van der Waals surface area contributed by atoms with Gasteiger partial charge in [-0.3, -0.25) is 9.67 Å². The number of hydrogen-bond donors (Lipinski definition) is 1. The highest BCUT2D eigenvalue weighted by Crippen LogP contribution is 2.35. The molecule has 0 atom stereocenters. The molecule has 33 heavy (non-hydrogen) atoms. The minimum Gasteiger partial charge on any atom is -0.419 e.